The SMILES string of the molecule is [2H]C([2H])(OC(C)=O)[C@H]1O[C@@]([2H])(S/C(CCc2ccccc2)=N\O)[C@H](OC(C)=O)[C@@H](OC(C)=O)[C@@H]1OC(C)=O. The lowest BCUT2D eigenvalue weighted by atomic mass is 9.99. The Labute approximate surface area is 211 Å². The standard InChI is InChI=1S/C23H29NO10S/c1-13(25)30-12-18-20(31-14(2)26)21(32-15(3)27)22(33-16(4)28)23(34-18)35-19(24-29)11-10-17-8-6-5-7-9-17/h5-9,18,20-23,29H,10-12H2,1-4H3/b24-19-/t18-,20-,21+,22-,23+/m1/s1/i12D2,23D. The molecule has 1 aliphatic heterocycles. The number of hydrogen-bond donors (Lipinski definition) is 1. The molecule has 11 nitrogen and oxygen atoms in total. The fourth-order valence-electron chi connectivity index (χ4n) is 3.12. The van der Waals surface area contributed by atoms with E-state index in [-0.39, 0.29) is 11.5 Å². The highest BCUT2D eigenvalue weighted by Gasteiger charge is 2.52. The van der Waals surface area contributed by atoms with E-state index in [1.807, 2.05) is 30.3 Å². The fourth-order valence-corrected chi connectivity index (χ4v) is 4.05. The lowest BCUT2D eigenvalue weighted by molar-refractivity contribution is -0.237. The van der Waals surface area contributed by atoms with Crippen molar-refractivity contribution in [3.05, 3.63) is 35.9 Å². The van der Waals surface area contributed by atoms with Gasteiger partial charge in [-0.1, -0.05) is 47.2 Å². The van der Waals surface area contributed by atoms with E-state index < -0.39 is 60.3 Å². The zero-order chi connectivity index (χ0) is 28.7. The van der Waals surface area contributed by atoms with Gasteiger partial charge >= 0.3 is 23.9 Å². The van der Waals surface area contributed by atoms with Gasteiger partial charge in [0.05, 0.1) is 4.11 Å². The maximum absolute atomic E-state index is 12.0. The van der Waals surface area contributed by atoms with Crippen LogP contribution in [0.3, 0.4) is 0 Å². The van der Waals surface area contributed by atoms with E-state index in [0.29, 0.717) is 18.2 Å². The molecule has 0 aliphatic carbocycles. The Morgan fingerprint density at radius 1 is 0.971 bits per heavy atom. The lowest BCUT2D eigenvalue weighted by Gasteiger charge is -2.44. The number of nitrogens with zero attached hydrogens (tertiary/aromatic N) is 1. The zero-order valence-corrected chi connectivity index (χ0v) is 20.4. The van der Waals surface area contributed by atoms with Gasteiger partial charge in [0.2, 0.25) is 0 Å². The molecule has 0 spiro atoms. The van der Waals surface area contributed by atoms with Gasteiger partial charge in [-0.05, 0) is 12.0 Å². The van der Waals surface area contributed by atoms with E-state index in [1.165, 1.54) is 0 Å². The number of carbonyl (C=O) groups is 4. The number of rotatable bonds is 9. The maximum atomic E-state index is 12.0. The molecule has 0 aromatic heterocycles. The van der Waals surface area contributed by atoms with Gasteiger partial charge in [-0.3, -0.25) is 19.2 Å². The third-order valence-corrected chi connectivity index (χ3v) is 5.46. The molecule has 1 N–H and O–H groups in total. The van der Waals surface area contributed by atoms with Crippen LogP contribution in [0.4, 0.5) is 0 Å². The molecule has 1 aromatic rings. The maximum Gasteiger partial charge on any atom is 0.303 e. The second kappa shape index (κ2) is 13.7. The van der Waals surface area contributed by atoms with Crippen molar-refractivity contribution < 1.29 is 52.2 Å². The van der Waals surface area contributed by atoms with Crippen LogP contribution in [0.25, 0.3) is 0 Å². The van der Waals surface area contributed by atoms with Crippen molar-refractivity contribution in [1.29, 1.82) is 0 Å². The number of ether oxygens (including phenoxy) is 5. The molecule has 1 aromatic carbocycles. The van der Waals surface area contributed by atoms with E-state index in [4.69, 9.17) is 27.8 Å². The molecule has 0 amide bonds. The molecule has 0 saturated carbocycles. The van der Waals surface area contributed by atoms with Crippen molar-refractivity contribution in [2.24, 2.45) is 5.16 Å². The summed E-state index contributed by atoms with van der Waals surface area (Å²) >= 11 is 0.456. The first-order valence-electron chi connectivity index (χ1n) is 12.0. The molecule has 12 heteroatoms. The monoisotopic (exact) mass is 514 g/mol. The smallest absolute Gasteiger partial charge is 0.303 e. The molecule has 2 rings (SSSR count). The average molecular weight is 515 g/mol. The Bertz CT molecular complexity index is 1060. The molecule has 0 bridgehead atoms. The van der Waals surface area contributed by atoms with E-state index >= 15 is 0 Å². The summed E-state index contributed by atoms with van der Waals surface area (Å²) in [5, 5.41) is 12.8. The van der Waals surface area contributed by atoms with Crippen molar-refractivity contribution in [1.82, 2.24) is 0 Å². The number of esters is 4. The Balaban J connectivity index is 2.56. The van der Waals surface area contributed by atoms with Crippen LogP contribution < -0.4 is 0 Å². The summed E-state index contributed by atoms with van der Waals surface area (Å²) in [4.78, 5) is 47.5. The van der Waals surface area contributed by atoms with Gasteiger partial charge in [0, 0.05) is 34.1 Å². The van der Waals surface area contributed by atoms with Gasteiger partial charge in [-0.25, -0.2) is 0 Å². The van der Waals surface area contributed by atoms with Crippen molar-refractivity contribution in [2.75, 3.05) is 6.56 Å². The van der Waals surface area contributed by atoms with E-state index in [1.54, 1.807) is 0 Å². The molecule has 1 fully saturated rings. The summed E-state index contributed by atoms with van der Waals surface area (Å²) in [7, 11) is 0. The highest BCUT2D eigenvalue weighted by atomic mass is 32.2. The van der Waals surface area contributed by atoms with Crippen LogP contribution in [0.5, 0.6) is 0 Å². The first-order valence-corrected chi connectivity index (χ1v) is 11.3. The number of carbonyl (C=O) groups excluding carboxylic acids is 4. The Hall–Kier alpha value is -3.12. The second-order valence-corrected chi connectivity index (χ2v) is 8.41. The first-order chi connectivity index (χ1) is 17.7. The highest BCUT2D eigenvalue weighted by molar-refractivity contribution is 8.14. The quantitative estimate of drug-likeness (QED) is 0.129. The molecular weight excluding hydrogens is 482 g/mol. The molecule has 1 heterocycles. The zero-order valence-electron chi connectivity index (χ0n) is 22.6. The number of benzene rings is 1. The summed E-state index contributed by atoms with van der Waals surface area (Å²) in [6.07, 6.45) is -6.96. The van der Waals surface area contributed by atoms with E-state index in [0.717, 1.165) is 33.3 Å². The number of aryl methyl sites for hydroxylation is 1. The molecule has 192 valence electrons. The van der Waals surface area contributed by atoms with E-state index in [2.05, 4.69) is 5.16 Å². The van der Waals surface area contributed by atoms with Crippen LogP contribution in [-0.2, 0) is 49.3 Å². The number of oxime groups is 1. The van der Waals surface area contributed by atoms with Crippen molar-refractivity contribution in [2.45, 2.75) is 70.4 Å². The lowest BCUT2D eigenvalue weighted by Crippen LogP contribution is -2.61. The fraction of sp³-hybridized carbons (Fsp3) is 0.522. The third-order valence-electron chi connectivity index (χ3n) is 4.41. The van der Waals surface area contributed by atoms with E-state index in [9.17, 15) is 24.4 Å². The summed E-state index contributed by atoms with van der Waals surface area (Å²) < 4.78 is 51.8. The average Bonchev–Trinajstić information content (AvgIpc) is 2.80. The summed E-state index contributed by atoms with van der Waals surface area (Å²) in [5.74, 6) is -3.88. The molecule has 1 aliphatic rings. The van der Waals surface area contributed by atoms with Gasteiger partial charge < -0.3 is 28.9 Å². The van der Waals surface area contributed by atoms with Gasteiger partial charge in [-0.15, -0.1) is 0 Å². The van der Waals surface area contributed by atoms with Gasteiger partial charge in [0.15, 0.2) is 18.3 Å². The second-order valence-electron chi connectivity index (χ2n) is 7.33. The Kier molecular flexibility index (Phi) is 9.23. The predicted octanol–water partition coefficient (Wildman–Crippen LogP) is 2.22. The molecule has 0 radical (unpaired) electrons. The first kappa shape index (κ1) is 23.6. The molecule has 35 heavy (non-hydrogen) atoms. The molecular formula is C23H29NO10S. The predicted molar refractivity (Wildman–Crippen MR) is 124 cm³/mol. The molecule has 1 saturated heterocycles. The topological polar surface area (TPSA) is 147 Å². The van der Waals surface area contributed by atoms with Crippen LogP contribution >= 0.6 is 11.8 Å². The van der Waals surface area contributed by atoms with Crippen LogP contribution in [0.15, 0.2) is 35.5 Å². The largest absolute Gasteiger partial charge is 0.463 e. The summed E-state index contributed by atoms with van der Waals surface area (Å²) in [6, 6.07) is 9.11. The van der Waals surface area contributed by atoms with Crippen LogP contribution in [-0.4, -0.2) is 70.5 Å². The van der Waals surface area contributed by atoms with Crippen LogP contribution in [0.2, 0.25) is 0 Å². The minimum absolute atomic E-state index is 0.0692. The Morgan fingerprint density at radius 3 is 2.09 bits per heavy atom. The minimum atomic E-state index is -3.01. The van der Waals surface area contributed by atoms with Gasteiger partial charge in [0.25, 0.3) is 0 Å². The molecule has 5 atom stereocenters. The van der Waals surface area contributed by atoms with Crippen LogP contribution in [0, 0.1) is 0 Å². The van der Waals surface area contributed by atoms with Crippen molar-refractivity contribution >= 4 is 40.7 Å². The van der Waals surface area contributed by atoms with Crippen molar-refractivity contribution in [3.8, 4) is 0 Å². The number of thioether (sulfide) groups is 1. The normalized spacial score (nSPS) is 28.0. The third kappa shape index (κ3) is 9.21. The summed E-state index contributed by atoms with van der Waals surface area (Å²) in [6.45, 7) is 0.910. The van der Waals surface area contributed by atoms with Crippen LogP contribution in [0.1, 0.15) is 43.8 Å². The van der Waals surface area contributed by atoms with Gasteiger partial charge in [-0.2, -0.15) is 0 Å². The Morgan fingerprint density at radius 2 is 1.54 bits per heavy atom. The molecule has 0 unspecified atom stereocenters. The minimum Gasteiger partial charge on any atom is -0.463 e. The summed E-state index contributed by atoms with van der Waals surface area (Å²) in [5.41, 5.74) is -1.65. The highest BCUT2D eigenvalue weighted by Crippen LogP contribution is 2.35. The van der Waals surface area contributed by atoms with Crippen molar-refractivity contribution in [3.63, 3.8) is 0 Å². The number of hydrogen-bond acceptors (Lipinski definition) is 12. The van der Waals surface area contributed by atoms with Gasteiger partial charge in [0.1, 0.15) is 23.1 Å².